The number of nitrogens with one attached hydrogen (secondary N) is 1. The van der Waals surface area contributed by atoms with Crippen molar-refractivity contribution in [3.8, 4) is 5.75 Å². The zero-order valence-electron chi connectivity index (χ0n) is 16.6. The molecular formula is C20H23NO7S. The Morgan fingerprint density at radius 1 is 1.03 bits per heavy atom. The fourth-order valence-corrected chi connectivity index (χ4v) is 3.64. The summed E-state index contributed by atoms with van der Waals surface area (Å²) in [7, 11) is -0.522. The van der Waals surface area contributed by atoms with E-state index in [0.29, 0.717) is 5.56 Å². The van der Waals surface area contributed by atoms with Gasteiger partial charge in [0.2, 0.25) is 5.60 Å². The summed E-state index contributed by atoms with van der Waals surface area (Å²) in [5, 5.41) is 2.50. The Morgan fingerprint density at radius 2 is 1.69 bits per heavy atom. The lowest BCUT2D eigenvalue weighted by molar-refractivity contribution is -0.151. The first kappa shape index (κ1) is 22.5. The number of hydrogen-bond donors (Lipinski definition) is 1. The molecule has 1 N–H and O–H groups in total. The van der Waals surface area contributed by atoms with Crippen LogP contribution in [0.4, 0.5) is 5.69 Å². The van der Waals surface area contributed by atoms with Gasteiger partial charge in [-0.05, 0) is 24.6 Å². The molecule has 0 aliphatic rings. The van der Waals surface area contributed by atoms with Gasteiger partial charge in [-0.2, -0.15) is 8.42 Å². The molecule has 1 unspecified atom stereocenters. The van der Waals surface area contributed by atoms with Gasteiger partial charge in [0.15, 0.2) is 5.78 Å². The zero-order chi connectivity index (χ0) is 21.7. The number of methoxy groups -OCH3 is 2. The number of Topliss-reactive ketones (excluding diaryl/α,β-unsaturated/α-hetero) is 1. The summed E-state index contributed by atoms with van der Waals surface area (Å²) in [5.74, 6) is -1.06. The largest absolute Gasteiger partial charge is 0.497 e. The number of carbonyl (C=O) groups excluding carboxylic acids is 2. The summed E-state index contributed by atoms with van der Waals surface area (Å²) < 4.78 is 39.6. The predicted octanol–water partition coefficient (Wildman–Crippen LogP) is 2.19. The van der Waals surface area contributed by atoms with E-state index in [1.54, 1.807) is 24.3 Å². The maximum absolute atomic E-state index is 13.1. The molecule has 0 aromatic heterocycles. The van der Waals surface area contributed by atoms with Gasteiger partial charge in [0.1, 0.15) is 10.6 Å². The molecule has 1 atom stereocenters. The van der Waals surface area contributed by atoms with E-state index in [1.807, 2.05) is 6.07 Å². The highest BCUT2D eigenvalue weighted by Gasteiger charge is 2.44. The minimum Gasteiger partial charge on any atom is -0.497 e. The standard InChI is InChI=1S/C20H23NO7S/c1-14(22)20(27-3,13-15-8-6-5-7-9-15)19(23)21-17-11-10-16(26-2)12-18(17)29(24,25)28-4/h5-12H,13H2,1-4H3,(H,21,23). The van der Waals surface area contributed by atoms with Crippen LogP contribution in [-0.2, 0) is 35.0 Å². The van der Waals surface area contributed by atoms with Crippen LogP contribution in [0.25, 0.3) is 0 Å². The monoisotopic (exact) mass is 421 g/mol. The number of anilines is 1. The van der Waals surface area contributed by atoms with Gasteiger partial charge in [0.25, 0.3) is 16.0 Å². The van der Waals surface area contributed by atoms with E-state index in [1.165, 1.54) is 39.3 Å². The quantitative estimate of drug-likeness (QED) is 0.488. The normalized spacial score (nSPS) is 13.4. The van der Waals surface area contributed by atoms with Crippen LogP contribution in [0.2, 0.25) is 0 Å². The lowest BCUT2D eigenvalue weighted by atomic mass is 9.89. The zero-order valence-corrected chi connectivity index (χ0v) is 17.4. The van der Waals surface area contributed by atoms with Gasteiger partial charge < -0.3 is 14.8 Å². The topological polar surface area (TPSA) is 108 Å². The van der Waals surface area contributed by atoms with Gasteiger partial charge in [0.05, 0.1) is 19.9 Å². The summed E-state index contributed by atoms with van der Waals surface area (Å²) >= 11 is 0. The smallest absolute Gasteiger partial charge is 0.298 e. The molecule has 2 aromatic carbocycles. The number of ether oxygens (including phenoxy) is 2. The highest BCUT2D eigenvalue weighted by atomic mass is 32.2. The summed E-state index contributed by atoms with van der Waals surface area (Å²) in [6, 6.07) is 12.9. The highest BCUT2D eigenvalue weighted by Crippen LogP contribution is 2.29. The van der Waals surface area contributed by atoms with E-state index < -0.39 is 27.4 Å². The second-order valence-electron chi connectivity index (χ2n) is 6.19. The lowest BCUT2D eigenvalue weighted by Gasteiger charge is -2.29. The number of hydrogen-bond acceptors (Lipinski definition) is 7. The molecule has 0 heterocycles. The summed E-state index contributed by atoms with van der Waals surface area (Å²) in [5.41, 5.74) is -1.19. The molecule has 0 saturated heterocycles. The first-order valence-electron chi connectivity index (χ1n) is 8.60. The van der Waals surface area contributed by atoms with Crippen molar-refractivity contribution in [1.29, 1.82) is 0 Å². The molecule has 0 fully saturated rings. The SMILES string of the molecule is COc1ccc(NC(=O)C(Cc2ccccc2)(OC)C(C)=O)c(S(=O)(=O)OC)c1. The van der Waals surface area contributed by atoms with Crippen molar-refractivity contribution >= 4 is 27.5 Å². The summed E-state index contributed by atoms with van der Waals surface area (Å²) in [4.78, 5) is 25.2. The number of ketones is 1. The van der Waals surface area contributed by atoms with Crippen molar-refractivity contribution in [2.24, 2.45) is 0 Å². The third-order valence-corrected chi connectivity index (χ3v) is 5.82. The van der Waals surface area contributed by atoms with E-state index in [0.717, 1.165) is 7.11 Å². The van der Waals surface area contributed by atoms with Gasteiger partial charge in [-0.3, -0.25) is 13.8 Å². The van der Waals surface area contributed by atoms with Crippen molar-refractivity contribution in [3.63, 3.8) is 0 Å². The maximum Gasteiger partial charge on any atom is 0.298 e. The molecule has 1 amide bonds. The van der Waals surface area contributed by atoms with Crippen LogP contribution < -0.4 is 10.1 Å². The molecule has 29 heavy (non-hydrogen) atoms. The molecule has 2 aromatic rings. The highest BCUT2D eigenvalue weighted by molar-refractivity contribution is 7.87. The molecule has 0 radical (unpaired) electrons. The molecule has 0 spiro atoms. The van der Waals surface area contributed by atoms with E-state index in [-0.39, 0.29) is 22.8 Å². The third-order valence-electron chi connectivity index (χ3n) is 4.51. The van der Waals surface area contributed by atoms with Gasteiger partial charge in [0, 0.05) is 19.6 Å². The maximum atomic E-state index is 13.1. The Labute approximate surface area is 169 Å². The molecule has 8 nitrogen and oxygen atoms in total. The second kappa shape index (κ2) is 9.17. The molecular weight excluding hydrogens is 398 g/mol. The summed E-state index contributed by atoms with van der Waals surface area (Å²) in [6.07, 6.45) is -0.0198. The molecule has 0 aliphatic carbocycles. The van der Waals surface area contributed by atoms with Crippen LogP contribution >= 0.6 is 0 Å². The van der Waals surface area contributed by atoms with Crippen LogP contribution in [0.5, 0.6) is 5.75 Å². The molecule has 9 heteroatoms. The van der Waals surface area contributed by atoms with Crippen molar-refractivity contribution in [2.45, 2.75) is 23.8 Å². The summed E-state index contributed by atoms with van der Waals surface area (Å²) in [6.45, 7) is 1.24. The third kappa shape index (κ3) is 4.81. The molecule has 2 rings (SSSR count). The Morgan fingerprint density at radius 3 is 2.21 bits per heavy atom. The average molecular weight is 421 g/mol. The van der Waals surface area contributed by atoms with Crippen LogP contribution in [0.15, 0.2) is 53.4 Å². The van der Waals surface area contributed by atoms with Crippen molar-refractivity contribution < 1.29 is 31.7 Å². The Hall–Kier alpha value is -2.75. The first-order chi connectivity index (χ1) is 13.7. The van der Waals surface area contributed by atoms with Crippen LogP contribution in [0, 0.1) is 0 Å². The molecule has 0 saturated carbocycles. The fraction of sp³-hybridized carbons (Fsp3) is 0.300. The number of rotatable bonds is 9. The molecule has 0 aliphatic heterocycles. The lowest BCUT2D eigenvalue weighted by Crippen LogP contribution is -2.52. The van der Waals surface area contributed by atoms with E-state index in [4.69, 9.17) is 9.47 Å². The second-order valence-corrected chi connectivity index (χ2v) is 7.87. The van der Waals surface area contributed by atoms with Crippen molar-refractivity contribution in [2.75, 3.05) is 26.6 Å². The minimum absolute atomic E-state index is 0.0198. The van der Waals surface area contributed by atoms with E-state index in [9.17, 15) is 18.0 Å². The van der Waals surface area contributed by atoms with E-state index >= 15 is 0 Å². The van der Waals surface area contributed by atoms with Crippen molar-refractivity contribution in [1.82, 2.24) is 0 Å². The van der Waals surface area contributed by atoms with Crippen molar-refractivity contribution in [3.05, 3.63) is 54.1 Å². The predicted molar refractivity (Wildman–Crippen MR) is 106 cm³/mol. The van der Waals surface area contributed by atoms with Crippen LogP contribution in [-0.4, -0.2) is 47.0 Å². The number of amides is 1. The average Bonchev–Trinajstić information content (AvgIpc) is 2.72. The van der Waals surface area contributed by atoms with Crippen LogP contribution in [0.3, 0.4) is 0 Å². The van der Waals surface area contributed by atoms with Crippen LogP contribution in [0.1, 0.15) is 12.5 Å². The molecule has 156 valence electrons. The number of benzene rings is 2. The fourth-order valence-electron chi connectivity index (χ4n) is 2.81. The molecule has 0 bridgehead atoms. The van der Waals surface area contributed by atoms with Gasteiger partial charge in [-0.1, -0.05) is 30.3 Å². The minimum atomic E-state index is -4.16. The number of carbonyl (C=O) groups is 2. The van der Waals surface area contributed by atoms with E-state index in [2.05, 4.69) is 9.50 Å². The Bertz CT molecular complexity index is 989. The first-order valence-corrected chi connectivity index (χ1v) is 10.0. The Balaban J connectivity index is 2.48. The van der Waals surface area contributed by atoms with Gasteiger partial charge in [-0.25, -0.2) is 0 Å². The van der Waals surface area contributed by atoms with Gasteiger partial charge >= 0.3 is 0 Å². The van der Waals surface area contributed by atoms with Gasteiger partial charge in [-0.15, -0.1) is 0 Å². The Kier molecular flexibility index (Phi) is 7.12.